The molecule has 0 aromatic carbocycles. The van der Waals surface area contributed by atoms with Crippen molar-refractivity contribution in [3.05, 3.63) is 18.1 Å². The zero-order valence-electron chi connectivity index (χ0n) is 10.4. The van der Waals surface area contributed by atoms with E-state index in [9.17, 15) is 4.79 Å². The maximum Gasteiger partial charge on any atom is 0.323 e. The van der Waals surface area contributed by atoms with E-state index >= 15 is 0 Å². The fraction of sp³-hybridized carbons (Fsp3) is 0.545. The molecule has 6 nitrogen and oxygen atoms in total. The molecule has 0 fully saturated rings. The van der Waals surface area contributed by atoms with Gasteiger partial charge in [-0.05, 0) is 21.0 Å². The van der Waals surface area contributed by atoms with Gasteiger partial charge in [0.1, 0.15) is 18.7 Å². The SMILES string of the molecule is Cc1cc(N(CCN(C)C)CC(=O)O)ncn1. The number of likely N-dealkylation sites (N-methyl/N-ethyl adjacent to an activating group) is 1. The second-order valence-corrected chi connectivity index (χ2v) is 4.14. The molecular weight excluding hydrogens is 220 g/mol. The summed E-state index contributed by atoms with van der Waals surface area (Å²) in [4.78, 5) is 22.7. The maximum absolute atomic E-state index is 10.8. The number of carbonyl (C=O) groups is 1. The lowest BCUT2D eigenvalue weighted by atomic mass is 10.3. The first-order valence-corrected chi connectivity index (χ1v) is 5.39. The standard InChI is InChI=1S/C11H18N4O2/c1-9-6-10(13-8-12-9)15(7-11(16)17)5-4-14(2)3/h6,8H,4-5,7H2,1-3H3,(H,16,17). The summed E-state index contributed by atoms with van der Waals surface area (Å²) in [6.07, 6.45) is 1.45. The molecular formula is C11H18N4O2. The number of aliphatic carboxylic acids is 1. The van der Waals surface area contributed by atoms with Gasteiger partial charge in [-0.2, -0.15) is 0 Å². The van der Waals surface area contributed by atoms with Crippen LogP contribution in [-0.4, -0.2) is 59.7 Å². The lowest BCUT2D eigenvalue weighted by Crippen LogP contribution is -2.36. The van der Waals surface area contributed by atoms with Gasteiger partial charge in [-0.15, -0.1) is 0 Å². The topological polar surface area (TPSA) is 69.6 Å². The molecule has 0 saturated heterocycles. The molecule has 0 saturated carbocycles. The van der Waals surface area contributed by atoms with Crippen molar-refractivity contribution in [2.45, 2.75) is 6.92 Å². The Bertz CT molecular complexity index is 381. The second-order valence-electron chi connectivity index (χ2n) is 4.14. The van der Waals surface area contributed by atoms with Crippen LogP contribution in [0, 0.1) is 6.92 Å². The van der Waals surface area contributed by atoms with E-state index < -0.39 is 5.97 Å². The largest absolute Gasteiger partial charge is 0.480 e. The van der Waals surface area contributed by atoms with Crippen molar-refractivity contribution < 1.29 is 9.90 Å². The Morgan fingerprint density at radius 3 is 2.59 bits per heavy atom. The van der Waals surface area contributed by atoms with Crippen LogP contribution in [0.2, 0.25) is 0 Å². The number of carboxylic acids is 1. The molecule has 0 aliphatic carbocycles. The molecule has 0 aliphatic heterocycles. The van der Waals surface area contributed by atoms with Crippen molar-refractivity contribution in [3.63, 3.8) is 0 Å². The predicted molar refractivity (Wildman–Crippen MR) is 65.2 cm³/mol. The second kappa shape index (κ2) is 6.15. The summed E-state index contributed by atoms with van der Waals surface area (Å²) >= 11 is 0. The first-order valence-electron chi connectivity index (χ1n) is 5.39. The molecule has 1 N–H and O–H groups in total. The van der Waals surface area contributed by atoms with Gasteiger partial charge in [0.05, 0.1) is 0 Å². The van der Waals surface area contributed by atoms with Crippen LogP contribution in [0.25, 0.3) is 0 Å². The molecule has 0 amide bonds. The van der Waals surface area contributed by atoms with Crippen LogP contribution in [-0.2, 0) is 4.79 Å². The van der Waals surface area contributed by atoms with E-state index in [-0.39, 0.29) is 6.54 Å². The Balaban J connectivity index is 2.78. The van der Waals surface area contributed by atoms with Gasteiger partial charge in [0.2, 0.25) is 0 Å². The average Bonchev–Trinajstić information content (AvgIpc) is 2.23. The molecule has 1 rings (SSSR count). The van der Waals surface area contributed by atoms with Crippen molar-refractivity contribution in [1.29, 1.82) is 0 Å². The van der Waals surface area contributed by atoms with Crippen molar-refractivity contribution >= 4 is 11.8 Å². The van der Waals surface area contributed by atoms with Gasteiger partial charge in [0.15, 0.2) is 0 Å². The Labute approximate surface area is 101 Å². The Morgan fingerprint density at radius 2 is 2.06 bits per heavy atom. The number of aryl methyl sites for hydroxylation is 1. The molecule has 17 heavy (non-hydrogen) atoms. The summed E-state index contributed by atoms with van der Waals surface area (Å²) in [6, 6.07) is 1.79. The molecule has 94 valence electrons. The van der Waals surface area contributed by atoms with Crippen molar-refractivity contribution in [3.8, 4) is 0 Å². The molecule has 0 spiro atoms. The van der Waals surface area contributed by atoms with Crippen molar-refractivity contribution in [1.82, 2.24) is 14.9 Å². The lowest BCUT2D eigenvalue weighted by Gasteiger charge is -2.23. The van der Waals surface area contributed by atoms with E-state index in [1.54, 1.807) is 11.0 Å². The molecule has 0 unspecified atom stereocenters. The third-order valence-electron chi connectivity index (χ3n) is 2.26. The van der Waals surface area contributed by atoms with Gasteiger partial charge >= 0.3 is 5.97 Å². The molecule has 1 aromatic heterocycles. The number of rotatable bonds is 6. The Kier molecular flexibility index (Phi) is 4.84. The van der Waals surface area contributed by atoms with Gasteiger partial charge in [-0.1, -0.05) is 0 Å². The van der Waals surface area contributed by atoms with Crippen LogP contribution in [0.1, 0.15) is 5.69 Å². The summed E-state index contributed by atoms with van der Waals surface area (Å²) in [6.45, 7) is 3.20. The summed E-state index contributed by atoms with van der Waals surface area (Å²) in [5.74, 6) is -0.207. The number of hydrogen-bond acceptors (Lipinski definition) is 5. The number of aromatic nitrogens is 2. The van der Waals surface area contributed by atoms with Gasteiger partial charge < -0.3 is 14.9 Å². The lowest BCUT2D eigenvalue weighted by molar-refractivity contribution is -0.135. The highest BCUT2D eigenvalue weighted by Gasteiger charge is 2.12. The highest BCUT2D eigenvalue weighted by atomic mass is 16.4. The summed E-state index contributed by atoms with van der Waals surface area (Å²) in [5.41, 5.74) is 0.829. The van der Waals surface area contributed by atoms with Crippen LogP contribution >= 0.6 is 0 Å². The highest BCUT2D eigenvalue weighted by Crippen LogP contribution is 2.10. The normalized spacial score (nSPS) is 10.6. The monoisotopic (exact) mass is 238 g/mol. The first kappa shape index (κ1) is 13.4. The van der Waals surface area contributed by atoms with Crippen LogP contribution < -0.4 is 4.90 Å². The van der Waals surface area contributed by atoms with Crippen LogP contribution in [0.3, 0.4) is 0 Å². The van der Waals surface area contributed by atoms with E-state index in [1.165, 1.54) is 6.33 Å². The van der Waals surface area contributed by atoms with E-state index in [4.69, 9.17) is 5.11 Å². The predicted octanol–water partition coefficient (Wildman–Crippen LogP) is 0.238. The number of anilines is 1. The number of carboxylic acid groups (broad SMARTS) is 1. The molecule has 0 radical (unpaired) electrons. The van der Waals surface area contributed by atoms with Crippen molar-refractivity contribution in [2.75, 3.05) is 38.6 Å². The van der Waals surface area contributed by atoms with Crippen LogP contribution in [0.15, 0.2) is 12.4 Å². The fourth-order valence-electron chi connectivity index (χ4n) is 1.37. The zero-order chi connectivity index (χ0) is 12.8. The van der Waals surface area contributed by atoms with Crippen LogP contribution in [0.4, 0.5) is 5.82 Å². The molecule has 0 aliphatic rings. The Morgan fingerprint density at radius 1 is 1.35 bits per heavy atom. The minimum Gasteiger partial charge on any atom is -0.480 e. The summed E-state index contributed by atoms with van der Waals surface area (Å²) in [7, 11) is 3.90. The maximum atomic E-state index is 10.8. The molecule has 1 aromatic rings. The third kappa shape index (κ3) is 4.78. The van der Waals surface area contributed by atoms with Gasteiger partial charge in [0, 0.05) is 24.8 Å². The first-order chi connectivity index (χ1) is 7.99. The average molecular weight is 238 g/mol. The van der Waals surface area contributed by atoms with E-state index in [2.05, 4.69) is 9.97 Å². The zero-order valence-corrected chi connectivity index (χ0v) is 10.4. The van der Waals surface area contributed by atoms with Crippen LogP contribution in [0.5, 0.6) is 0 Å². The molecule has 6 heteroatoms. The fourth-order valence-corrected chi connectivity index (χ4v) is 1.37. The minimum atomic E-state index is -0.861. The third-order valence-corrected chi connectivity index (χ3v) is 2.26. The van der Waals surface area contributed by atoms with Gasteiger partial charge in [-0.3, -0.25) is 4.79 Å². The molecule has 0 atom stereocenters. The van der Waals surface area contributed by atoms with Gasteiger partial charge in [-0.25, -0.2) is 9.97 Å². The quantitative estimate of drug-likeness (QED) is 0.765. The molecule has 1 heterocycles. The highest BCUT2D eigenvalue weighted by molar-refractivity contribution is 5.73. The van der Waals surface area contributed by atoms with Gasteiger partial charge in [0.25, 0.3) is 0 Å². The number of hydrogen-bond donors (Lipinski definition) is 1. The van der Waals surface area contributed by atoms with Crippen molar-refractivity contribution in [2.24, 2.45) is 0 Å². The van der Waals surface area contributed by atoms with E-state index in [0.717, 1.165) is 12.2 Å². The Hall–Kier alpha value is -1.69. The molecule has 0 bridgehead atoms. The number of nitrogens with zero attached hydrogens (tertiary/aromatic N) is 4. The van der Waals surface area contributed by atoms with E-state index in [1.807, 2.05) is 25.9 Å². The summed E-state index contributed by atoms with van der Waals surface area (Å²) < 4.78 is 0. The smallest absolute Gasteiger partial charge is 0.323 e. The van der Waals surface area contributed by atoms with E-state index in [0.29, 0.717) is 12.4 Å². The summed E-state index contributed by atoms with van der Waals surface area (Å²) in [5, 5.41) is 8.88. The minimum absolute atomic E-state index is 0.0513.